The molecule has 0 bridgehead atoms. The van der Waals surface area contributed by atoms with Crippen LogP contribution in [0, 0.1) is 12.7 Å². The Morgan fingerprint density at radius 3 is 2.08 bits per heavy atom. The monoisotopic (exact) mass is 823 g/mol. The molecule has 2 aliphatic carbocycles. The zero-order valence-electron chi connectivity index (χ0n) is 32.4. The smallest absolute Gasteiger partial charge is 0.416 e. The Morgan fingerprint density at radius 2 is 1.53 bits per heavy atom. The molecule has 2 saturated carbocycles. The average Bonchev–Trinajstić information content (AvgIpc) is 4.03. The molecule has 0 unspecified atom stereocenters. The fourth-order valence-corrected chi connectivity index (χ4v) is 6.64. The van der Waals surface area contributed by atoms with Crippen LogP contribution in [0.3, 0.4) is 0 Å². The first-order valence-corrected chi connectivity index (χ1v) is 19.3. The molecule has 5 aromatic rings. The summed E-state index contributed by atoms with van der Waals surface area (Å²) >= 11 is 6.24. The Labute approximate surface area is 341 Å². The van der Waals surface area contributed by atoms with Gasteiger partial charge in [-0.15, -0.1) is 0 Å². The lowest BCUT2D eigenvalue weighted by molar-refractivity contribution is -0.125. The van der Waals surface area contributed by atoms with E-state index in [0.717, 1.165) is 31.5 Å². The second-order valence-electron chi connectivity index (χ2n) is 15.6. The molecule has 19 heteroatoms. The van der Waals surface area contributed by atoms with Crippen molar-refractivity contribution in [2.75, 3.05) is 15.5 Å². The first-order chi connectivity index (χ1) is 28.1. The summed E-state index contributed by atoms with van der Waals surface area (Å²) in [5, 5.41) is 19.9. The molecule has 4 aliphatic rings. The van der Waals surface area contributed by atoms with E-state index < -0.39 is 23.5 Å². The summed E-state index contributed by atoms with van der Waals surface area (Å²) in [4.78, 5) is 70.0. The molecule has 59 heavy (non-hydrogen) atoms. The van der Waals surface area contributed by atoms with Crippen LogP contribution in [0.25, 0.3) is 23.4 Å². The fraction of sp³-hybridized carbons (Fsp3) is 0.325. The van der Waals surface area contributed by atoms with Gasteiger partial charge in [-0.1, -0.05) is 23.7 Å². The molecule has 4 fully saturated rings. The van der Waals surface area contributed by atoms with E-state index in [1.807, 2.05) is 0 Å². The molecule has 304 valence electrons. The van der Waals surface area contributed by atoms with E-state index in [1.165, 1.54) is 10.7 Å². The van der Waals surface area contributed by atoms with Crippen molar-refractivity contribution in [2.24, 2.45) is 0 Å². The van der Waals surface area contributed by atoms with Crippen LogP contribution in [0.15, 0.2) is 53.9 Å². The number of aromatic nitrogens is 6. The lowest BCUT2D eigenvalue weighted by atomic mass is 10.1. The van der Waals surface area contributed by atoms with Crippen LogP contribution in [0.4, 0.5) is 32.3 Å². The number of fused-ring (bicyclic) bond motifs is 2. The normalized spacial score (nSPS) is 18.0. The number of carbonyl (C=O) groups is 5. The van der Waals surface area contributed by atoms with Crippen molar-refractivity contribution >= 4 is 87.9 Å². The van der Waals surface area contributed by atoms with Crippen molar-refractivity contribution in [1.29, 1.82) is 0 Å². The Hall–Kier alpha value is -6.69. The number of nitrogens with zero attached hydrogens (tertiary/aromatic N) is 7. The minimum absolute atomic E-state index is 0.00393. The van der Waals surface area contributed by atoms with E-state index in [0.29, 0.717) is 62.5 Å². The number of imide groups is 2. The van der Waals surface area contributed by atoms with Crippen LogP contribution >= 0.6 is 11.6 Å². The van der Waals surface area contributed by atoms with E-state index in [2.05, 4.69) is 41.4 Å². The van der Waals surface area contributed by atoms with Gasteiger partial charge in [-0.05, 0) is 77.2 Å². The number of carbonyl (C=O) groups excluding carboxylic acids is 5. The van der Waals surface area contributed by atoms with Gasteiger partial charge in [0.15, 0.2) is 11.3 Å². The molecule has 0 spiro atoms. The SMILES string of the molecule is CC(C)(C)OC(=O)N(c1cc(Cl)nc2c(/C=C3\CC(=O)NC3=O)cnn12)C1CC1.Cc1cccc(Nc2cc(NC3CC3)n3ncc(/C=C4\CC(=O)NC4=O)c3n2)c1F. The topological polar surface area (TPSA) is 206 Å². The summed E-state index contributed by atoms with van der Waals surface area (Å²) < 4.78 is 23.2. The number of benzene rings is 1. The molecule has 5 amide bonds. The Balaban J connectivity index is 0.000000164. The average molecular weight is 824 g/mol. The third-order valence-corrected chi connectivity index (χ3v) is 9.73. The molecule has 1 aromatic carbocycles. The highest BCUT2D eigenvalue weighted by atomic mass is 35.5. The van der Waals surface area contributed by atoms with E-state index in [-0.39, 0.29) is 41.7 Å². The predicted octanol–water partition coefficient (Wildman–Crippen LogP) is 5.64. The summed E-state index contributed by atoms with van der Waals surface area (Å²) in [6.45, 7) is 7.11. The van der Waals surface area contributed by atoms with Gasteiger partial charge in [0.25, 0.3) is 11.8 Å². The van der Waals surface area contributed by atoms with Crippen LogP contribution in [0.1, 0.15) is 76.0 Å². The molecule has 6 heterocycles. The zero-order valence-corrected chi connectivity index (χ0v) is 33.2. The van der Waals surface area contributed by atoms with Gasteiger partial charge in [0, 0.05) is 46.5 Å². The van der Waals surface area contributed by atoms with Gasteiger partial charge in [-0.25, -0.2) is 19.2 Å². The number of rotatable bonds is 8. The number of ether oxygens (including phenoxy) is 1. The van der Waals surface area contributed by atoms with Gasteiger partial charge >= 0.3 is 6.09 Å². The maximum Gasteiger partial charge on any atom is 0.416 e. The third kappa shape index (κ3) is 8.62. The van der Waals surface area contributed by atoms with Crippen LogP contribution in [0.5, 0.6) is 0 Å². The number of nitrogens with one attached hydrogen (secondary N) is 4. The molecular weight excluding hydrogens is 785 g/mol. The molecule has 2 saturated heterocycles. The standard InChI is InChI=1S/C21H19FN6O2.C19H20ClN5O4/c1-11-3-2-4-15(19(11)22)25-16-9-17(24-14-5-6-14)28-20(26-16)13(10-23-28)7-12-8-18(29)27-21(12)30;1-19(2,3)29-18(28)24(12-4-5-12)15-8-13(20)22-16-11(9-21-25(15)16)6-10-7-14(26)23-17(10)27/h2-4,7,9-10,14,24H,5-6,8H2,1H3,(H,25,26)(H,27,29,30);6,8-9,12H,4-5,7H2,1-3H3,(H,23,26,27)/b12-7+;10-6+. The van der Waals surface area contributed by atoms with E-state index in [1.54, 1.807) is 85.8 Å². The van der Waals surface area contributed by atoms with Crippen molar-refractivity contribution in [2.45, 2.75) is 83.9 Å². The van der Waals surface area contributed by atoms with E-state index in [9.17, 15) is 28.4 Å². The van der Waals surface area contributed by atoms with Crippen molar-refractivity contribution in [3.8, 4) is 0 Å². The summed E-state index contributed by atoms with van der Waals surface area (Å²) in [6.07, 6.45) is 9.66. The summed E-state index contributed by atoms with van der Waals surface area (Å²) in [7, 11) is 0. The lowest BCUT2D eigenvalue weighted by Gasteiger charge is -2.27. The van der Waals surface area contributed by atoms with Crippen LogP contribution in [-0.4, -0.2) is 76.6 Å². The second-order valence-corrected chi connectivity index (χ2v) is 16.0. The van der Waals surface area contributed by atoms with Crippen molar-refractivity contribution in [3.05, 3.63) is 81.5 Å². The molecule has 9 rings (SSSR count). The van der Waals surface area contributed by atoms with Crippen LogP contribution in [0.2, 0.25) is 5.15 Å². The molecule has 0 atom stereocenters. The van der Waals surface area contributed by atoms with Gasteiger partial charge < -0.3 is 15.4 Å². The minimum Gasteiger partial charge on any atom is -0.443 e. The maximum atomic E-state index is 14.5. The molecule has 4 aromatic heterocycles. The molecular formula is C40H39ClFN11O6. The number of anilines is 4. The Kier molecular flexibility index (Phi) is 10.1. The highest BCUT2D eigenvalue weighted by molar-refractivity contribution is 6.30. The summed E-state index contributed by atoms with van der Waals surface area (Å²) in [5.41, 5.74) is 2.87. The minimum atomic E-state index is -0.651. The van der Waals surface area contributed by atoms with Crippen molar-refractivity contribution < 1.29 is 33.1 Å². The largest absolute Gasteiger partial charge is 0.443 e. The molecule has 0 radical (unpaired) electrons. The second kappa shape index (κ2) is 15.2. The van der Waals surface area contributed by atoms with E-state index in [4.69, 9.17) is 16.3 Å². The summed E-state index contributed by atoms with van der Waals surface area (Å²) in [6, 6.07) is 8.82. The van der Waals surface area contributed by atoms with Crippen LogP contribution < -0.4 is 26.2 Å². The number of amides is 5. The van der Waals surface area contributed by atoms with Crippen LogP contribution in [-0.2, 0) is 23.9 Å². The number of hydrogen-bond acceptors (Lipinski definition) is 12. The quantitative estimate of drug-likeness (QED) is 0.0853. The first-order valence-electron chi connectivity index (χ1n) is 18.9. The first kappa shape index (κ1) is 39.2. The molecule has 4 N–H and O–H groups in total. The fourth-order valence-electron chi connectivity index (χ4n) is 6.47. The van der Waals surface area contributed by atoms with Gasteiger partial charge in [-0.3, -0.25) is 34.7 Å². The highest BCUT2D eigenvalue weighted by Crippen LogP contribution is 2.35. The molecule has 2 aliphatic heterocycles. The number of halogens is 2. The maximum absolute atomic E-state index is 14.5. The Bertz CT molecular complexity index is 2660. The highest BCUT2D eigenvalue weighted by Gasteiger charge is 2.38. The van der Waals surface area contributed by atoms with Gasteiger partial charge in [-0.2, -0.15) is 19.2 Å². The van der Waals surface area contributed by atoms with Gasteiger partial charge in [0.1, 0.15) is 34.0 Å². The lowest BCUT2D eigenvalue weighted by Crippen LogP contribution is -2.39. The summed E-state index contributed by atoms with van der Waals surface area (Å²) in [5.74, 6) is -0.270. The van der Waals surface area contributed by atoms with Gasteiger partial charge in [0.2, 0.25) is 11.8 Å². The van der Waals surface area contributed by atoms with Crippen molar-refractivity contribution in [1.82, 2.24) is 39.8 Å². The Morgan fingerprint density at radius 1 is 0.915 bits per heavy atom. The predicted molar refractivity (Wildman–Crippen MR) is 215 cm³/mol. The van der Waals surface area contributed by atoms with Crippen molar-refractivity contribution in [3.63, 3.8) is 0 Å². The van der Waals surface area contributed by atoms with Gasteiger partial charge in [0.05, 0.1) is 30.9 Å². The number of hydrogen-bond donors (Lipinski definition) is 4. The number of aryl methyl sites for hydroxylation is 1. The molecule has 17 nitrogen and oxygen atoms in total. The van der Waals surface area contributed by atoms with E-state index >= 15 is 0 Å². The zero-order chi connectivity index (χ0) is 41.7. The third-order valence-electron chi connectivity index (χ3n) is 9.53.